The summed E-state index contributed by atoms with van der Waals surface area (Å²) in [5, 5.41) is 2.92. The molecule has 3 aromatic rings. The zero-order valence-electron chi connectivity index (χ0n) is 16.2. The summed E-state index contributed by atoms with van der Waals surface area (Å²) in [4.78, 5) is 33.6. The Labute approximate surface area is 158 Å². The van der Waals surface area contributed by atoms with Crippen molar-refractivity contribution < 1.29 is 4.79 Å². The fourth-order valence-corrected chi connectivity index (χ4v) is 3.17. The molecule has 2 aromatic heterocycles. The minimum atomic E-state index is -0.173. The summed E-state index contributed by atoms with van der Waals surface area (Å²) >= 11 is 0. The molecule has 1 amide bonds. The molecule has 2 heterocycles. The van der Waals surface area contributed by atoms with E-state index >= 15 is 0 Å². The smallest absolute Gasteiger partial charge is 0.256 e. The van der Waals surface area contributed by atoms with Gasteiger partial charge in [0, 0.05) is 19.2 Å². The Kier molecular flexibility index (Phi) is 5.39. The number of rotatable bonds is 6. The number of fused-ring (bicyclic) bond motifs is 1. The largest absolute Gasteiger partial charge is 0.349 e. The zero-order valence-corrected chi connectivity index (χ0v) is 16.2. The van der Waals surface area contributed by atoms with E-state index in [0.717, 1.165) is 29.8 Å². The molecular formula is C20H25N5O2. The highest BCUT2D eigenvalue weighted by Gasteiger charge is 2.14. The minimum Gasteiger partial charge on any atom is -0.349 e. The molecule has 27 heavy (non-hydrogen) atoms. The maximum atomic E-state index is 12.4. The number of para-hydroxylation sites is 2. The number of carbonyl (C=O) groups is 1. The van der Waals surface area contributed by atoms with Crippen molar-refractivity contribution in [3.05, 3.63) is 57.5 Å². The molecule has 1 N–H and O–H groups in total. The van der Waals surface area contributed by atoms with Crippen LogP contribution < -0.4 is 10.9 Å². The quantitative estimate of drug-likeness (QED) is 0.723. The lowest BCUT2D eigenvalue weighted by atomic mass is 10.2. The third-order valence-corrected chi connectivity index (χ3v) is 4.79. The van der Waals surface area contributed by atoms with Gasteiger partial charge in [0.15, 0.2) is 0 Å². The number of hydrogen-bond donors (Lipinski definition) is 1. The molecule has 0 aliphatic heterocycles. The van der Waals surface area contributed by atoms with E-state index in [4.69, 9.17) is 0 Å². The Morgan fingerprint density at radius 1 is 1.19 bits per heavy atom. The van der Waals surface area contributed by atoms with E-state index in [-0.39, 0.29) is 17.9 Å². The lowest BCUT2D eigenvalue weighted by Gasteiger charge is -2.11. The molecule has 0 fully saturated rings. The van der Waals surface area contributed by atoms with E-state index in [0.29, 0.717) is 23.6 Å². The highest BCUT2D eigenvalue weighted by molar-refractivity contribution is 5.79. The molecular weight excluding hydrogens is 342 g/mol. The highest BCUT2D eigenvalue weighted by Crippen LogP contribution is 2.16. The van der Waals surface area contributed by atoms with Crippen molar-refractivity contribution in [2.45, 2.75) is 46.7 Å². The third kappa shape index (κ3) is 3.77. The predicted molar refractivity (Wildman–Crippen MR) is 105 cm³/mol. The number of carbonyl (C=O) groups excluding carboxylic acids is 1. The lowest BCUT2D eigenvalue weighted by Crippen LogP contribution is -2.30. The third-order valence-electron chi connectivity index (χ3n) is 4.79. The number of amides is 1. The summed E-state index contributed by atoms with van der Waals surface area (Å²) < 4.78 is 3.63. The summed E-state index contributed by atoms with van der Waals surface area (Å²) in [6.07, 6.45) is 1.06. The van der Waals surface area contributed by atoms with Crippen LogP contribution in [0.25, 0.3) is 11.0 Å². The van der Waals surface area contributed by atoms with Crippen LogP contribution in [-0.4, -0.2) is 25.0 Å². The molecule has 3 rings (SSSR count). The van der Waals surface area contributed by atoms with Crippen LogP contribution in [0.2, 0.25) is 0 Å². The SMILES string of the molecule is CCCn1c(CNC(=O)Cc2nc(C)n(C)c(=O)c2C)nc2ccccc21. The van der Waals surface area contributed by atoms with Gasteiger partial charge in [-0.2, -0.15) is 0 Å². The predicted octanol–water partition coefficient (Wildman–Crippen LogP) is 2.02. The van der Waals surface area contributed by atoms with E-state index in [9.17, 15) is 9.59 Å². The molecule has 1 aromatic carbocycles. The van der Waals surface area contributed by atoms with Gasteiger partial charge >= 0.3 is 0 Å². The Morgan fingerprint density at radius 2 is 1.93 bits per heavy atom. The van der Waals surface area contributed by atoms with Crippen LogP contribution >= 0.6 is 0 Å². The Balaban J connectivity index is 1.76. The molecule has 7 nitrogen and oxygen atoms in total. The van der Waals surface area contributed by atoms with E-state index in [2.05, 4.69) is 26.8 Å². The molecule has 142 valence electrons. The summed E-state index contributed by atoms with van der Waals surface area (Å²) in [6, 6.07) is 7.97. The van der Waals surface area contributed by atoms with Crippen molar-refractivity contribution in [2.24, 2.45) is 7.05 Å². The molecule has 0 saturated heterocycles. The van der Waals surface area contributed by atoms with Crippen molar-refractivity contribution in [2.75, 3.05) is 0 Å². The van der Waals surface area contributed by atoms with Gasteiger partial charge in [0.25, 0.3) is 5.56 Å². The average Bonchev–Trinajstić information content (AvgIpc) is 3.01. The van der Waals surface area contributed by atoms with Crippen LogP contribution in [-0.2, 0) is 31.4 Å². The zero-order chi connectivity index (χ0) is 19.6. The topological polar surface area (TPSA) is 81.8 Å². The van der Waals surface area contributed by atoms with Gasteiger partial charge in [-0.1, -0.05) is 19.1 Å². The first-order valence-electron chi connectivity index (χ1n) is 9.16. The number of nitrogens with zero attached hydrogens (tertiary/aromatic N) is 4. The first-order chi connectivity index (χ1) is 12.9. The molecule has 0 aliphatic rings. The molecule has 7 heteroatoms. The normalized spacial score (nSPS) is 11.1. The van der Waals surface area contributed by atoms with Crippen LogP contribution in [0.5, 0.6) is 0 Å². The summed E-state index contributed by atoms with van der Waals surface area (Å²) in [7, 11) is 1.68. The van der Waals surface area contributed by atoms with Crippen LogP contribution in [0.1, 0.15) is 36.3 Å². The molecule has 0 bridgehead atoms. The maximum absolute atomic E-state index is 12.4. The van der Waals surface area contributed by atoms with Crippen molar-refractivity contribution >= 4 is 16.9 Å². The monoisotopic (exact) mass is 367 g/mol. The Bertz CT molecular complexity index is 1050. The van der Waals surface area contributed by atoms with Gasteiger partial charge < -0.3 is 9.88 Å². The molecule has 0 atom stereocenters. The Hall–Kier alpha value is -2.96. The van der Waals surface area contributed by atoms with Crippen LogP contribution in [0.3, 0.4) is 0 Å². The molecule has 0 unspecified atom stereocenters. The van der Waals surface area contributed by atoms with Gasteiger partial charge in [0.05, 0.1) is 29.7 Å². The molecule has 0 radical (unpaired) electrons. The second-order valence-corrected chi connectivity index (χ2v) is 6.72. The van der Waals surface area contributed by atoms with Crippen LogP contribution in [0.4, 0.5) is 0 Å². The van der Waals surface area contributed by atoms with Gasteiger partial charge in [-0.3, -0.25) is 14.2 Å². The summed E-state index contributed by atoms with van der Waals surface area (Å²) in [5.74, 6) is 1.25. The van der Waals surface area contributed by atoms with Crippen molar-refractivity contribution in [1.82, 2.24) is 24.4 Å². The summed E-state index contributed by atoms with van der Waals surface area (Å²) in [6.45, 7) is 6.77. The van der Waals surface area contributed by atoms with Crippen molar-refractivity contribution in [3.8, 4) is 0 Å². The standard InChI is InChI=1S/C20H25N5O2/c1-5-10-25-17-9-7-6-8-15(17)23-18(25)12-21-19(26)11-16-13(2)20(27)24(4)14(3)22-16/h6-9H,5,10-12H2,1-4H3,(H,21,26). The minimum absolute atomic E-state index is 0.0801. The first-order valence-corrected chi connectivity index (χ1v) is 9.16. The molecule has 0 spiro atoms. The molecule has 0 saturated carbocycles. The van der Waals surface area contributed by atoms with E-state index in [1.807, 2.05) is 24.3 Å². The van der Waals surface area contributed by atoms with Gasteiger partial charge in [-0.15, -0.1) is 0 Å². The van der Waals surface area contributed by atoms with E-state index in [1.165, 1.54) is 4.57 Å². The second kappa shape index (κ2) is 7.73. The maximum Gasteiger partial charge on any atom is 0.256 e. The fraction of sp³-hybridized carbons (Fsp3) is 0.400. The van der Waals surface area contributed by atoms with Crippen molar-refractivity contribution in [3.63, 3.8) is 0 Å². The van der Waals surface area contributed by atoms with Crippen molar-refractivity contribution in [1.29, 1.82) is 0 Å². The lowest BCUT2D eigenvalue weighted by molar-refractivity contribution is -0.120. The first kappa shape index (κ1) is 18.8. The Morgan fingerprint density at radius 3 is 2.67 bits per heavy atom. The number of aromatic nitrogens is 4. The van der Waals surface area contributed by atoms with Crippen LogP contribution in [0, 0.1) is 13.8 Å². The van der Waals surface area contributed by atoms with Gasteiger partial charge in [0.2, 0.25) is 5.91 Å². The van der Waals surface area contributed by atoms with Crippen LogP contribution in [0.15, 0.2) is 29.1 Å². The number of nitrogens with one attached hydrogen (secondary N) is 1. The van der Waals surface area contributed by atoms with Gasteiger partial charge in [0.1, 0.15) is 11.6 Å². The number of aryl methyl sites for hydroxylation is 2. The fourth-order valence-electron chi connectivity index (χ4n) is 3.17. The van der Waals surface area contributed by atoms with E-state index in [1.54, 1.807) is 20.9 Å². The number of imidazole rings is 1. The highest BCUT2D eigenvalue weighted by atomic mass is 16.1. The number of benzene rings is 1. The van der Waals surface area contributed by atoms with Gasteiger partial charge in [-0.25, -0.2) is 9.97 Å². The van der Waals surface area contributed by atoms with Gasteiger partial charge in [-0.05, 0) is 32.4 Å². The van der Waals surface area contributed by atoms with E-state index < -0.39 is 0 Å². The molecule has 0 aliphatic carbocycles. The summed E-state index contributed by atoms with van der Waals surface area (Å²) in [5.41, 5.74) is 2.92. The number of hydrogen-bond acceptors (Lipinski definition) is 4. The average molecular weight is 367 g/mol. The second-order valence-electron chi connectivity index (χ2n) is 6.72.